The molecule has 0 N–H and O–H groups in total. The molecule has 1 aliphatic heterocycles. The average Bonchev–Trinajstić information content (AvgIpc) is 3.42. The van der Waals surface area contributed by atoms with Crippen LogP contribution in [-0.2, 0) is 14.8 Å². The van der Waals surface area contributed by atoms with Crippen LogP contribution in [0.25, 0.3) is 33.4 Å². The molecule has 40 heavy (non-hydrogen) atoms. The van der Waals surface area contributed by atoms with Crippen LogP contribution in [0.15, 0.2) is 96.0 Å². The van der Waals surface area contributed by atoms with E-state index in [1.165, 1.54) is 3.97 Å². The van der Waals surface area contributed by atoms with Crippen molar-refractivity contribution in [2.45, 2.75) is 4.90 Å². The molecule has 0 aliphatic carbocycles. The van der Waals surface area contributed by atoms with Gasteiger partial charge < -0.3 is 14.4 Å². The smallest absolute Gasteiger partial charge is 0.269 e. The molecule has 0 radical (unpaired) electrons. The molecule has 0 bridgehead atoms. The van der Waals surface area contributed by atoms with Crippen LogP contribution in [0.3, 0.4) is 0 Å². The maximum atomic E-state index is 14.1. The zero-order valence-corrected chi connectivity index (χ0v) is 22.6. The van der Waals surface area contributed by atoms with Crippen molar-refractivity contribution in [1.82, 2.24) is 8.96 Å². The summed E-state index contributed by atoms with van der Waals surface area (Å²) in [6.07, 6.45) is 1.59. The van der Waals surface area contributed by atoms with Gasteiger partial charge in [-0.2, -0.15) is 5.26 Å². The minimum Gasteiger partial charge on any atom is -0.497 e. The van der Waals surface area contributed by atoms with E-state index in [1.54, 1.807) is 55.8 Å². The Balaban J connectivity index is 1.58. The monoisotopic (exact) mass is 550 g/mol. The van der Waals surface area contributed by atoms with Crippen molar-refractivity contribution < 1.29 is 17.9 Å². The first-order chi connectivity index (χ1) is 19.5. The van der Waals surface area contributed by atoms with E-state index in [4.69, 9.17) is 9.47 Å². The highest BCUT2D eigenvalue weighted by Crippen LogP contribution is 2.38. The van der Waals surface area contributed by atoms with Crippen molar-refractivity contribution >= 4 is 26.7 Å². The highest BCUT2D eigenvalue weighted by Gasteiger charge is 2.26. The van der Waals surface area contributed by atoms with Crippen molar-refractivity contribution in [3.63, 3.8) is 0 Å². The highest BCUT2D eigenvalue weighted by atomic mass is 32.2. The molecule has 1 fully saturated rings. The first-order valence-corrected chi connectivity index (χ1v) is 14.3. The van der Waals surface area contributed by atoms with E-state index in [-0.39, 0.29) is 4.90 Å². The first-order valence-electron chi connectivity index (χ1n) is 12.8. The number of hydrogen-bond donors (Lipinski definition) is 0. The largest absolute Gasteiger partial charge is 0.497 e. The summed E-state index contributed by atoms with van der Waals surface area (Å²) in [5.74, 6) is 0.536. The van der Waals surface area contributed by atoms with Crippen LogP contribution in [-0.4, -0.2) is 50.8 Å². The van der Waals surface area contributed by atoms with Crippen LogP contribution < -0.4 is 9.64 Å². The number of ether oxygens (including phenoxy) is 2. The number of aromatic nitrogens is 2. The fourth-order valence-electron chi connectivity index (χ4n) is 5.07. The number of rotatable bonds is 6. The Hall–Kier alpha value is -4.65. The summed E-state index contributed by atoms with van der Waals surface area (Å²) in [5.41, 5.74) is 4.50. The second kappa shape index (κ2) is 10.5. The Bertz CT molecular complexity index is 1840. The van der Waals surface area contributed by atoms with Gasteiger partial charge in [-0.15, -0.1) is 0 Å². The Morgan fingerprint density at radius 3 is 2.38 bits per heavy atom. The highest BCUT2D eigenvalue weighted by molar-refractivity contribution is 7.90. The number of benzene rings is 3. The van der Waals surface area contributed by atoms with Crippen molar-refractivity contribution in [2.75, 3.05) is 38.3 Å². The van der Waals surface area contributed by atoms with E-state index in [9.17, 15) is 13.7 Å². The fraction of sp³-hybridized carbons (Fsp3) is 0.161. The summed E-state index contributed by atoms with van der Waals surface area (Å²) in [4.78, 5) is 6.96. The number of anilines is 1. The molecule has 0 spiro atoms. The molecule has 3 heterocycles. The van der Waals surface area contributed by atoms with Crippen LogP contribution in [0.4, 0.5) is 5.69 Å². The van der Waals surface area contributed by atoms with E-state index in [2.05, 4.69) is 16.0 Å². The maximum Gasteiger partial charge on any atom is 0.269 e. The fourth-order valence-corrected chi connectivity index (χ4v) is 6.57. The third-order valence-electron chi connectivity index (χ3n) is 7.06. The molecule has 6 rings (SSSR count). The minimum absolute atomic E-state index is 0.166. The van der Waals surface area contributed by atoms with Gasteiger partial charge in [0.1, 0.15) is 5.75 Å². The Kier molecular flexibility index (Phi) is 6.72. The molecule has 2 aromatic heterocycles. The lowest BCUT2D eigenvalue weighted by atomic mass is 10.0. The summed E-state index contributed by atoms with van der Waals surface area (Å²) < 4.78 is 40.4. The molecule has 1 aliphatic rings. The number of pyridine rings is 1. The normalized spacial score (nSPS) is 13.8. The molecular weight excluding hydrogens is 524 g/mol. The van der Waals surface area contributed by atoms with Crippen LogP contribution in [0.2, 0.25) is 0 Å². The van der Waals surface area contributed by atoms with Crippen LogP contribution in [0.5, 0.6) is 5.75 Å². The van der Waals surface area contributed by atoms with Gasteiger partial charge >= 0.3 is 0 Å². The topological polar surface area (TPSA) is 97.4 Å². The molecule has 0 atom stereocenters. The van der Waals surface area contributed by atoms with Gasteiger partial charge in [-0.05, 0) is 71.3 Å². The van der Waals surface area contributed by atoms with Gasteiger partial charge in [-0.1, -0.05) is 30.3 Å². The van der Waals surface area contributed by atoms with Crippen molar-refractivity contribution in [3.05, 3.63) is 96.7 Å². The van der Waals surface area contributed by atoms with E-state index in [0.717, 1.165) is 35.5 Å². The lowest BCUT2D eigenvalue weighted by Gasteiger charge is -2.28. The predicted molar refractivity (Wildman–Crippen MR) is 154 cm³/mol. The second-order valence-electron chi connectivity index (χ2n) is 9.42. The van der Waals surface area contributed by atoms with Gasteiger partial charge in [0.15, 0.2) is 5.65 Å². The molecular formula is C31H26N4O4S. The van der Waals surface area contributed by atoms with Gasteiger partial charge in [-0.3, -0.25) is 0 Å². The summed E-state index contributed by atoms with van der Waals surface area (Å²) in [6, 6.07) is 27.3. The molecule has 5 aromatic rings. The summed E-state index contributed by atoms with van der Waals surface area (Å²) >= 11 is 0. The molecule has 200 valence electrons. The van der Waals surface area contributed by atoms with Crippen LogP contribution in [0.1, 0.15) is 5.56 Å². The van der Waals surface area contributed by atoms with Gasteiger partial charge in [0.2, 0.25) is 0 Å². The summed E-state index contributed by atoms with van der Waals surface area (Å²) in [5, 5.41) is 10.2. The zero-order valence-electron chi connectivity index (χ0n) is 21.8. The third-order valence-corrected chi connectivity index (χ3v) is 8.78. The van der Waals surface area contributed by atoms with Crippen molar-refractivity contribution in [2.24, 2.45) is 0 Å². The third kappa shape index (κ3) is 4.57. The van der Waals surface area contributed by atoms with Gasteiger partial charge in [-0.25, -0.2) is 17.4 Å². The minimum atomic E-state index is -4.01. The number of nitrogens with zero attached hydrogens (tertiary/aromatic N) is 4. The van der Waals surface area contributed by atoms with Crippen LogP contribution in [0, 0.1) is 11.3 Å². The predicted octanol–water partition coefficient (Wildman–Crippen LogP) is 5.32. The number of fused-ring (bicyclic) bond motifs is 1. The molecule has 8 nitrogen and oxygen atoms in total. The number of hydrogen-bond acceptors (Lipinski definition) is 7. The van der Waals surface area contributed by atoms with E-state index >= 15 is 0 Å². The number of morpholine rings is 1. The molecule has 9 heteroatoms. The van der Waals surface area contributed by atoms with E-state index in [1.807, 2.05) is 42.5 Å². The standard InChI is InChI=1S/C31H26N4O4S/c1-38-26-18-22(21-32)17-24(19-26)28-11-12-33-31-29(28)20-30(35(31)40(36,37)27-5-3-2-4-6-27)23-7-9-25(10-8-23)34-13-15-39-16-14-34/h2-12,17-20H,13-16H2,1H3. The van der Waals surface area contributed by atoms with Crippen molar-refractivity contribution in [1.29, 1.82) is 5.26 Å². The van der Waals surface area contributed by atoms with Gasteiger partial charge in [0, 0.05) is 30.4 Å². The lowest BCUT2D eigenvalue weighted by Crippen LogP contribution is -2.36. The zero-order chi connectivity index (χ0) is 27.7. The average molecular weight is 551 g/mol. The maximum absolute atomic E-state index is 14.1. The Labute approximate surface area is 232 Å². The molecule has 0 unspecified atom stereocenters. The second-order valence-corrected chi connectivity index (χ2v) is 11.2. The summed E-state index contributed by atoms with van der Waals surface area (Å²) in [6.45, 7) is 2.97. The summed E-state index contributed by atoms with van der Waals surface area (Å²) in [7, 11) is -2.46. The molecule has 0 amide bonds. The van der Waals surface area contributed by atoms with E-state index in [0.29, 0.717) is 41.3 Å². The molecule has 0 saturated carbocycles. The first kappa shape index (κ1) is 25.6. The quantitative estimate of drug-likeness (QED) is 0.282. The number of methoxy groups -OCH3 is 1. The lowest BCUT2D eigenvalue weighted by molar-refractivity contribution is 0.122. The van der Waals surface area contributed by atoms with E-state index < -0.39 is 10.0 Å². The van der Waals surface area contributed by atoms with Gasteiger partial charge in [0.05, 0.1) is 42.5 Å². The Morgan fingerprint density at radius 1 is 0.925 bits per heavy atom. The molecule has 1 saturated heterocycles. The molecule has 3 aromatic carbocycles. The van der Waals surface area contributed by atoms with Crippen LogP contribution >= 0.6 is 0 Å². The Morgan fingerprint density at radius 2 is 1.68 bits per heavy atom. The van der Waals surface area contributed by atoms with Gasteiger partial charge in [0.25, 0.3) is 10.0 Å². The number of nitriles is 1. The van der Waals surface area contributed by atoms with Crippen molar-refractivity contribution in [3.8, 4) is 34.2 Å². The SMILES string of the molecule is COc1cc(C#N)cc(-c2ccnc3c2cc(-c2ccc(N4CCOCC4)cc2)n3S(=O)(=O)c2ccccc2)c1.